The lowest BCUT2D eigenvalue weighted by atomic mass is 10.1. The first-order valence-corrected chi connectivity index (χ1v) is 8.81. The van der Waals surface area contributed by atoms with E-state index in [9.17, 15) is 9.18 Å². The number of rotatable bonds is 4. The number of aromatic nitrogens is 4. The number of hydrogen-bond acceptors (Lipinski definition) is 6. The van der Waals surface area contributed by atoms with E-state index < -0.39 is 5.91 Å². The van der Waals surface area contributed by atoms with Crippen molar-refractivity contribution in [2.45, 2.75) is 13.8 Å². The van der Waals surface area contributed by atoms with E-state index in [1.807, 2.05) is 6.07 Å². The highest BCUT2D eigenvalue weighted by atomic mass is 19.1. The third kappa shape index (κ3) is 4.01. The fraction of sp³-hybridized carbons (Fsp3) is 0.0952. The maximum absolute atomic E-state index is 13.2. The summed E-state index contributed by atoms with van der Waals surface area (Å²) in [5.74, 6) is 0.149. The van der Waals surface area contributed by atoms with E-state index >= 15 is 0 Å². The molecule has 0 bridgehead atoms. The van der Waals surface area contributed by atoms with Crippen molar-refractivity contribution < 1.29 is 13.6 Å². The molecule has 4 rings (SSSR count). The Bertz CT molecular complexity index is 1170. The van der Waals surface area contributed by atoms with E-state index in [1.165, 1.54) is 24.3 Å². The van der Waals surface area contributed by atoms with Gasteiger partial charge in [-0.2, -0.15) is 0 Å². The number of nitrogens with zero attached hydrogens (tertiary/aromatic N) is 4. The SMILES string of the molecule is Cc1cc(NC(=O)c2oc(C)nc2-c2ccc(F)cc2)nc(-c2ccccn2)n1. The Morgan fingerprint density at radius 2 is 1.83 bits per heavy atom. The second-order valence-corrected chi connectivity index (χ2v) is 6.30. The molecule has 1 amide bonds. The lowest BCUT2D eigenvalue weighted by Crippen LogP contribution is -2.14. The van der Waals surface area contributed by atoms with Gasteiger partial charge in [0.2, 0.25) is 5.76 Å². The third-order valence-corrected chi connectivity index (χ3v) is 4.05. The van der Waals surface area contributed by atoms with Gasteiger partial charge in [-0.1, -0.05) is 6.07 Å². The minimum absolute atomic E-state index is 0.0183. The number of benzene rings is 1. The zero-order chi connectivity index (χ0) is 20.4. The van der Waals surface area contributed by atoms with Crippen molar-refractivity contribution >= 4 is 11.7 Å². The average molecular weight is 389 g/mol. The number of aryl methyl sites for hydroxylation is 2. The number of oxazole rings is 1. The van der Waals surface area contributed by atoms with Crippen molar-refractivity contribution in [2.75, 3.05) is 5.32 Å². The van der Waals surface area contributed by atoms with Crippen molar-refractivity contribution in [1.29, 1.82) is 0 Å². The number of carbonyl (C=O) groups excluding carboxylic acids is 1. The van der Waals surface area contributed by atoms with Crippen LogP contribution in [0, 0.1) is 19.7 Å². The highest BCUT2D eigenvalue weighted by Gasteiger charge is 2.21. The molecule has 0 aliphatic rings. The molecular formula is C21H16FN5O2. The Hall–Kier alpha value is -3.94. The van der Waals surface area contributed by atoms with E-state index in [0.717, 1.165) is 0 Å². The molecule has 144 valence electrons. The summed E-state index contributed by atoms with van der Waals surface area (Å²) in [6, 6.07) is 12.7. The van der Waals surface area contributed by atoms with E-state index in [4.69, 9.17) is 4.42 Å². The van der Waals surface area contributed by atoms with Gasteiger partial charge in [-0.25, -0.2) is 19.3 Å². The van der Waals surface area contributed by atoms with Crippen molar-refractivity contribution in [2.24, 2.45) is 0 Å². The molecule has 4 aromatic rings. The molecule has 3 heterocycles. The second kappa shape index (κ2) is 7.59. The highest BCUT2D eigenvalue weighted by Crippen LogP contribution is 2.25. The summed E-state index contributed by atoms with van der Waals surface area (Å²) in [4.78, 5) is 30.1. The first-order chi connectivity index (χ1) is 14.0. The zero-order valence-electron chi connectivity index (χ0n) is 15.7. The van der Waals surface area contributed by atoms with Crippen LogP contribution in [0.3, 0.4) is 0 Å². The van der Waals surface area contributed by atoms with Gasteiger partial charge in [0.25, 0.3) is 5.91 Å². The Kier molecular flexibility index (Phi) is 4.82. The molecular weight excluding hydrogens is 373 g/mol. The lowest BCUT2D eigenvalue weighted by Gasteiger charge is -2.07. The van der Waals surface area contributed by atoms with Gasteiger partial charge in [-0.05, 0) is 43.3 Å². The van der Waals surface area contributed by atoms with Crippen molar-refractivity contribution in [3.63, 3.8) is 0 Å². The number of pyridine rings is 1. The van der Waals surface area contributed by atoms with Crippen molar-refractivity contribution in [1.82, 2.24) is 19.9 Å². The lowest BCUT2D eigenvalue weighted by molar-refractivity contribution is 0.0996. The molecule has 3 aromatic heterocycles. The predicted octanol–water partition coefficient (Wildman–Crippen LogP) is 4.20. The Morgan fingerprint density at radius 1 is 1.03 bits per heavy atom. The molecule has 29 heavy (non-hydrogen) atoms. The van der Waals surface area contributed by atoms with E-state index in [2.05, 4.69) is 25.3 Å². The van der Waals surface area contributed by atoms with Gasteiger partial charge >= 0.3 is 0 Å². The van der Waals surface area contributed by atoms with Gasteiger partial charge in [0, 0.05) is 30.4 Å². The number of carbonyl (C=O) groups is 1. The van der Waals surface area contributed by atoms with Gasteiger partial charge in [0.05, 0.1) is 0 Å². The van der Waals surface area contributed by atoms with Crippen LogP contribution in [0.25, 0.3) is 22.8 Å². The maximum Gasteiger partial charge on any atom is 0.294 e. The fourth-order valence-corrected chi connectivity index (χ4v) is 2.80. The molecule has 0 fully saturated rings. The van der Waals surface area contributed by atoms with Crippen molar-refractivity contribution in [3.8, 4) is 22.8 Å². The topological polar surface area (TPSA) is 93.8 Å². The van der Waals surface area contributed by atoms with Crippen LogP contribution in [0.2, 0.25) is 0 Å². The first-order valence-electron chi connectivity index (χ1n) is 8.81. The molecule has 1 aromatic carbocycles. The first kappa shape index (κ1) is 18.4. The van der Waals surface area contributed by atoms with Crippen LogP contribution in [0.4, 0.5) is 10.2 Å². The smallest absolute Gasteiger partial charge is 0.294 e. The van der Waals surface area contributed by atoms with Crippen LogP contribution >= 0.6 is 0 Å². The Balaban J connectivity index is 1.66. The van der Waals surface area contributed by atoms with E-state index in [1.54, 1.807) is 38.2 Å². The number of halogens is 1. The fourth-order valence-electron chi connectivity index (χ4n) is 2.80. The summed E-state index contributed by atoms with van der Waals surface area (Å²) in [5, 5.41) is 2.72. The van der Waals surface area contributed by atoms with Crippen LogP contribution in [0.5, 0.6) is 0 Å². The van der Waals surface area contributed by atoms with E-state index in [0.29, 0.717) is 40.2 Å². The summed E-state index contributed by atoms with van der Waals surface area (Å²) < 4.78 is 18.7. The molecule has 0 unspecified atom stereocenters. The quantitative estimate of drug-likeness (QED) is 0.562. The second-order valence-electron chi connectivity index (χ2n) is 6.30. The van der Waals surface area contributed by atoms with Crippen LogP contribution in [-0.4, -0.2) is 25.8 Å². The normalized spacial score (nSPS) is 10.7. The summed E-state index contributed by atoms with van der Waals surface area (Å²) >= 11 is 0. The summed E-state index contributed by atoms with van der Waals surface area (Å²) in [6.07, 6.45) is 1.64. The number of anilines is 1. The number of nitrogens with one attached hydrogen (secondary N) is 1. The Morgan fingerprint density at radius 3 is 2.55 bits per heavy atom. The number of amides is 1. The largest absolute Gasteiger partial charge is 0.435 e. The van der Waals surface area contributed by atoms with Crippen LogP contribution < -0.4 is 5.32 Å². The standard InChI is InChI=1S/C21H16FN5O2/c1-12-11-17(26-20(24-12)16-5-3-4-10-23-16)27-21(28)19-18(25-13(2)29-19)14-6-8-15(22)9-7-14/h3-11H,1-2H3,(H,24,26,27,28). The maximum atomic E-state index is 13.2. The molecule has 0 spiro atoms. The summed E-state index contributed by atoms with van der Waals surface area (Å²) in [7, 11) is 0. The average Bonchev–Trinajstić information content (AvgIpc) is 3.11. The predicted molar refractivity (Wildman–Crippen MR) is 105 cm³/mol. The molecule has 0 saturated heterocycles. The third-order valence-electron chi connectivity index (χ3n) is 4.05. The van der Waals surface area contributed by atoms with Gasteiger partial charge in [-0.15, -0.1) is 0 Å². The van der Waals surface area contributed by atoms with Crippen LogP contribution in [-0.2, 0) is 0 Å². The van der Waals surface area contributed by atoms with E-state index in [-0.39, 0.29) is 11.6 Å². The molecule has 0 aliphatic carbocycles. The van der Waals surface area contributed by atoms with Crippen LogP contribution in [0.1, 0.15) is 22.1 Å². The monoisotopic (exact) mass is 389 g/mol. The number of hydrogen-bond donors (Lipinski definition) is 1. The van der Waals surface area contributed by atoms with Gasteiger partial charge < -0.3 is 9.73 Å². The van der Waals surface area contributed by atoms with Crippen LogP contribution in [0.15, 0.2) is 59.1 Å². The molecule has 7 nitrogen and oxygen atoms in total. The zero-order valence-corrected chi connectivity index (χ0v) is 15.7. The molecule has 0 aliphatic heterocycles. The van der Waals surface area contributed by atoms with Gasteiger partial charge in [0.1, 0.15) is 23.0 Å². The minimum Gasteiger partial charge on any atom is -0.435 e. The minimum atomic E-state index is -0.519. The molecule has 1 N–H and O–H groups in total. The Labute approximate surface area is 165 Å². The van der Waals surface area contributed by atoms with Gasteiger partial charge in [-0.3, -0.25) is 9.78 Å². The summed E-state index contributed by atoms with van der Waals surface area (Å²) in [6.45, 7) is 3.43. The molecule has 0 radical (unpaired) electrons. The molecule has 0 atom stereocenters. The van der Waals surface area contributed by atoms with Gasteiger partial charge in [0.15, 0.2) is 11.7 Å². The molecule has 8 heteroatoms. The molecule has 0 saturated carbocycles. The summed E-state index contributed by atoms with van der Waals surface area (Å²) in [5.41, 5.74) is 2.16. The highest BCUT2D eigenvalue weighted by molar-refractivity contribution is 6.05. The van der Waals surface area contributed by atoms with Crippen molar-refractivity contribution in [3.05, 3.63) is 77.9 Å².